The van der Waals surface area contributed by atoms with Gasteiger partial charge in [0.2, 0.25) is 0 Å². The van der Waals surface area contributed by atoms with Gasteiger partial charge in [-0.05, 0) is 18.2 Å². The van der Waals surface area contributed by atoms with Gasteiger partial charge < -0.3 is 9.30 Å². The van der Waals surface area contributed by atoms with E-state index < -0.39 is 0 Å². The number of nitriles is 1. The fraction of sp³-hybridized carbons (Fsp3) is 0.182. The van der Waals surface area contributed by atoms with Gasteiger partial charge in [-0.3, -0.25) is 0 Å². The van der Waals surface area contributed by atoms with Crippen molar-refractivity contribution in [3.05, 3.63) is 30.0 Å². The van der Waals surface area contributed by atoms with E-state index in [2.05, 4.69) is 6.07 Å². The van der Waals surface area contributed by atoms with Gasteiger partial charge in [-0.2, -0.15) is 5.26 Å². The Hall–Kier alpha value is -1.95. The van der Waals surface area contributed by atoms with E-state index in [1.54, 1.807) is 7.11 Å². The van der Waals surface area contributed by atoms with E-state index in [1.807, 2.05) is 35.9 Å². The highest BCUT2D eigenvalue weighted by molar-refractivity contribution is 5.83. The third kappa shape index (κ3) is 1.12. The van der Waals surface area contributed by atoms with Gasteiger partial charge in [0.25, 0.3) is 0 Å². The summed E-state index contributed by atoms with van der Waals surface area (Å²) in [5.41, 5.74) is 1.68. The van der Waals surface area contributed by atoms with Crippen LogP contribution in [0.5, 0.6) is 5.75 Å². The first-order valence-corrected chi connectivity index (χ1v) is 4.30. The zero-order valence-corrected chi connectivity index (χ0v) is 8.11. The maximum atomic E-state index is 8.84. The maximum Gasteiger partial charge on any atom is 0.121 e. The summed E-state index contributed by atoms with van der Waals surface area (Å²) in [6.07, 6.45) is 0. The minimum Gasteiger partial charge on any atom is -0.497 e. The molecule has 3 nitrogen and oxygen atoms in total. The molecule has 0 radical (unpaired) electrons. The quantitative estimate of drug-likeness (QED) is 0.683. The molecule has 14 heavy (non-hydrogen) atoms. The van der Waals surface area contributed by atoms with E-state index in [1.165, 1.54) is 0 Å². The fourth-order valence-electron chi connectivity index (χ4n) is 1.54. The number of hydrogen-bond acceptors (Lipinski definition) is 2. The Morgan fingerprint density at radius 3 is 2.79 bits per heavy atom. The highest BCUT2D eigenvalue weighted by Gasteiger charge is 2.05. The summed E-state index contributed by atoms with van der Waals surface area (Å²) in [6.45, 7) is 0. The minimum atomic E-state index is 0.660. The SMILES string of the molecule is COc1ccc2cc(C#N)n(C)c2c1. The van der Waals surface area contributed by atoms with Crippen LogP contribution in [0.4, 0.5) is 0 Å². The van der Waals surface area contributed by atoms with Crippen LogP contribution < -0.4 is 4.74 Å². The van der Waals surface area contributed by atoms with E-state index >= 15 is 0 Å². The first-order valence-electron chi connectivity index (χ1n) is 4.30. The molecule has 0 N–H and O–H groups in total. The fourth-order valence-corrected chi connectivity index (χ4v) is 1.54. The summed E-state index contributed by atoms with van der Waals surface area (Å²) in [7, 11) is 3.51. The van der Waals surface area contributed by atoms with Crippen LogP contribution in [-0.2, 0) is 7.05 Å². The van der Waals surface area contributed by atoms with Crippen LogP contribution >= 0.6 is 0 Å². The summed E-state index contributed by atoms with van der Waals surface area (Å²) >= 11 is 0. The largest absolute Gasteiger partial charge is 0.497 e. The molecule has 0 fully saturated rings. The second kappa shape index (κ2) is 3.08. The molecule has 0 unspecified atom stereocenters. The van der Waals surface area contributed by atoms with Crippen molar-refractivity contribution >= 4 is 10.9 Å². The Labute approximate surface area is 82.1 Å². The van der Waals surface area contributed by atoms with Crippen LogP contribution in [0.15, 0.2) is 24.3 Å². The molecule has 0 aliphatic carbocycles. The van der Waals surface area contributed by atoms with Crippen LogP contribution in [0.2, 0.25) is 0 Å². The number of rotatable bonds is 1. The van der Waals surface area contributed by atoms with Crippen LogP contribution in [0.25, 0.3) is 10.9 Å². The summed E-state index contributed by atoms with van der Waals surface area (Å²) < 4.78 is 6.98. The van der Waals surface area contributed by atoms with Gasteiger partial charge in [0, 0.05) is 18.5 Å². The lowest BCUT2D eigenvalue weighted by atomic mass is 10.2. The normalized spacial score (nSPS) is 10.1. The zero-order chi connectivity index (χ0) is 10.1. The van der Waals surface area contributed by atoms with E-state index in [0.717, 1.165) is 16.7 Å². The van der Waals surface area contributed by atoms with E-state index in [4.69, 9.17) is 10.00 Å². The monoisotopic (exact) mass is 186 g/mol. The number of fused-ring (bicyclic) bond motifs is 1. The molecule has 2 rings (SSSR count). The smallest absolute Gasteiger partial charge is 0.121 e. The zero-order valence-electron chi connectivity index (χ0n) is 8.11. The molecule has 2 aromatic rings. The van der Waals surface area contributed by atoms with Crippen LogP contribution in [0.1, 0.15) is 5.69 Å². The van der Waals surface area contributed by atoms with Crippen molar-refractivity contribution in [3.8, 4) is 11.8 Å². The lowest BCUT2D eigenvalue weighted by Crippen LogP contribution is -1.91. The molecule has 0 saturated heterocycles. The predicted molar refractivity (Wildman–Crippen MR) is 54.2 cm³/mol. The average molecular weight is 186 g/mol. The molecule has 0 atom stereocenters. The summed E-state index contributed by atoms with van der Waals surface area (Å²) in [6, 6.07) is 9.79. The number of hydrogen-bond donors (Lipinski definition) is 0. The van der Waals surface area contributed by atoms with E-state index in [9.17, 15) is 0 Å². The number of methoxy groups -OCH3 is 1. The lowest BCUT2D eigenvalue weighted by Gasteiger charge is -2.01. The predicted octanol–water partition coefficient (Wildman–Crippen LogP) is 2.06. The van der Waals surface area contributed by atoms with Crippen LogP contribution in [0, 0.1) is 11.3 Å². The Kier molecular flexibility index (Phi) is 1.90. The molecule has 0 aliphatic rings. The Morgan fingerprint density at radius 2 is 2.14 bits per heavy atom. The van der Waals surface area contributed by atoms with Gasteiger partial charge in [0.1, 0.15) is 17.5 Å². The third-order valence-electron chi connectivity index (χ3n) is 2.37. The second-order valence-corrected chi connectivity index (χ2v) is 3.13. The summed E-state index contributed by atoms with van der Waals surface area (Å²) in [5, 5.41) is 9.90. The van der Waals surface area contributed by atoms with Crippen molar-refractivity contribution < 1.29 is 4.74 Å². The topological polar surface area (TPSA) is 37.9 Å². The first-order chi connectivity index (χ1) is 6.76. The number of benzene rings is 1. The molecule has 3 heteroatoms. The Balaban J connectivity index is 2.76. The number of ether oxygens (including phenoxy) is 1. The molecule has 70 valence electrons. The molecule has 0 amide bonds. The molecular formula is C11H10N2O. The van der Waals surface area contributed by atoms with Crippen molar-refractivity contribution in [2.24, 2.45) is 7.05 Å². The highest BCUT2D eigenvalue weighted by atomic mass is 16.5. The second-order valence-electron chi connectivity index (χ2n) is 3.13. The van der Waals surface area contributed by atoms with Gasteiger partial charge in [0.05, 0.1) is 12.6 Å². The van der Waals surface area contributed by atoms with Gasteiger partial charge >= 0.3 is 0 Å². The van der Waals surface area contributed by atoms with Crippen molar-refractivity contribution in [2.45, 2.75) is 0 Å². The van der Waals surface area contributed by atoms with Gasteiger partial charge in [-0.1, -0.05) is 0 Å². The first kappa shape index (κ1) is 8.64. The Morgan fingerprint density at radius 1 is 1.36 bits per heavy atom. The van der Waals surface area contributed by atoms with Crippen LogP contribution in [-0.4, -0.2) is 11.7 Å². The summed E-state index contributed by atoms with van der Waals surface area (Å²) in [5.74, 6) is 0.809. The maximum absolute atomic E-state index is 8.84. The van der Waals surface area contributed by atoms with Crippen molar-refractivity contribution in [2.75, 3.05) is 7.11 Å². The van der Waals surface area contributed by atoms with Crippen molar-refractivity contribution in [1.82, 2.24) is 4.57 Å². The average Bonchev–Trinajstić information content (AvgIpc) is 2.55. The van der Waals surface area contributed by atoms with Crippen molar-refractivity contribution in [3.63, 3.8) is 0 Å². The molecular weight excluding hydrogens is 176 g/mol. The van der Waals surface area contributed by atoms with Gasteiger partial charge in [0.15, 0.2) is 0 Å². The minimum absolute atomic E-state index is 0.660. The third-order valence-corrected chi connectivity index (χ3v) is 2.37. The molecule has 0 bridgehead atoms. The molecule has 1 aromatic carbocycles. The highest BCUT2D eigenvalue weighted by Crippen LogP contribution is 2.23. The number of aryl methyl sites for hydroxylation is 1. The number of aromatic nitrogens is 1. The Bertz CT molecular complexity index is 520. The van der Waals surface area contributed by atoms with Gasteiger partial charge in [-0.15, -0.1) is 0 Å². The van der Waals surface area contributed by atoms with Gasteiger partial charge in [-0.25, -0.2) is 0 Å². The summed E-state index contributed by atoms with van der Waals surface area (Å²) in [4.78, 5) is 0. The molecule has 0 spiro atoms. The molecule has 1 heterocycles. The van der Waals surface area contributed by atoms with Crippen molar-refractivity contribution in [1.29, 1.82) is 5.26 Å². The standard InChI is InChI=1S/C11H10N2O/c1-13-9(7-12)5-8-3-4-10(14-2)6-11(8)13/h3-6H,1-2H3. The molecule has 0 saturated carbocycles. The van der Waals surface area contributed by atoms with E-state index in [-0.39, 0.29) is 0 Å². The van der Waals surface area contributed by atoms with E-state index in [0.29, 0.717) is 5.69 Å². The lowest BCUT2D eigenvalue weighted by molar-refractivity contribution is 0.415. The molecule has 1 aromatic heterocycles. The molecule has 0 aliphatic heterocycles. The van der Waals surface area contributed by atoms with Crippen LogP contribution in [0.3, 0.4) is 0 Å². The number of nitrogens with zero attached hydrogens (tertiary/aromatic N) is 2.